The van der Waals surface area contributed by atoms with Crippen LogP contribution in [0.25, 0.3) is 0 Å². The third kappa shape index (κ3) is 4.30. The molecule has 0 heterocycles. The Labute approximate surface area is 105 Å². The fourth-order valence-corrected chi connectivity index (χ4v) is 2.73. The van der Waals surface area contributed by atoms with Crippen LogP contribution in [0, 0.1) is 11.3 Å². The van der Waals surface area contributed by atoms with E-state index in [-0.39, 0.29) is 11.5 Å². The molecule has 0 radical (unpaired) electrons. The second-order valence-electron chi connectivity index (χ2n) is 6.48. The van der Waals surface area contributed by atoms with Crippen LogP contribution in [0.15, 0.2) is 0 Å². The van der Waals surface area contributed by atoms with Gasteiger partial charge in [-0.05, 0) is 43.9 Å². The number of carbonyl (C=O) groups is 1. The topological polar surface area (TPSA) is 52.3 Å². The van der Waals surface area contributed by atoms with Gasteiger partial charge in [0.15, 0.2) is 0 Å². The van der Waals surface area contributed by atoms with Gasteiger partial charge >= 0.3 is 5.97 Å². The maximum atomic E-state index is 11.5. The van der Waals surface area contributed by atoms with Gasteiger partial charge < -0.3 is 10.5 Å². The molecule has 1 saturated carbocycles. The molecule has 0 aromatic rings. The van der Waals surface area contributed by atoms with Gasteiger partial charge in [-0.3, -0.25) is 4.79 Å². The number of nitrogens with two attached hydrogens (primary N) is 1. The molecular formula is C14H27NO2. The minimum Gasteiger partial charge on any atom is -0.466 e. The van der Waals surface area contributed by atoms with E-state index in [4.69, 9.17) is 10.5 Å². The summed E-state index contributed by atoms with van der Waals surface area (Å²) in [6.07, 6.45) is 4.50. The number of hydrogen-bond acceptors (Lipinski definition) is 3. The Morgan fingerprint density at radius 1 is 1.35 bits per heavy atom. The maximum Gasteiger partial charge on any atom is 0.307 e. The Morgan fingerprint density at radius 3 is 2.29 bits per heavy atom. The van der Waals surface area contributed by atoms with Gasteiger partial charge in [-0.1, -0.05) is 20.8 Å². The van der Waals surface area contributed by atoms with Crippen LogP contribution < -0.4 is 5.73 Å². The highest BCUT2D eigenvalue weighted by molar-refractivity contribution is 5.70. The van der Waals surface area contributed by atoms with Crippen molar-refractivity contribution in [1.82, 2.24) is 0 Å². The predicted octanol–water partition coefficient (Wildman–Crippen LogP) is 2.87. The molecule has 0 atom stereocenters. The standard InChI is InChI=1S/C14H27NO2/c1-5-17-12(16)10-14(15)8-6-11(7-9-14)13(2,3)4/h11H,5-10,15H2,1-4H3. The van der Waals surface area contributed by atoms with Gasteiger partial charge in [-0.2, -0.15) is 0 Å². The lowest BCUT2D eigenvalue weighted by atomic mass is 9.67. The van der Waals surface area contributed by atoms with Crippen molar-refractivity contribution in [3.63, 3.8) is 0 Å². The highest BCUT2D eigenvalue weighted by atomic mass is 16.5. The highest BCUT2D eigenvalue weighted by Gasteiger charge is 2.37. The molecule has 0 aliphatic heterocycles. The summed E-state index contributed by atoms with van der Waals surface area (Å²) in [7, 11) is 0. The van der Waals surface area contributed by atoms with Crippen molar-refractivity contribution in [1.29, 1.82) is 0 Å². The molecule has 0 unspecified atom stereocenters. The first-order valence-electron chi connectivity index (χ1n) is 6.71. The van der Waals surface area contributed by atoms with Crippen molar-refractivity contribution >= 4 is 5.97 Å². The van der Waals surface area contributed by atoms with E-state index >= 15 is 0 Å². The second-order valence-corrected chi connectivity index (χ2v) is 6.48. The zero-order valence-electron chi connectivity index (χ0n) is 11.7. The molecule has 0 aromatic heterocycles. The fourth-order valence-electron chi connectivity index (χ4n) is 2.73. The SMILES string of the molecule is CCOC(=O)CC1(N)CCC(C(C)(C)C)CC1. The lowest BCUT2D eigenvalue weighted by molar-refractivity contribution is -0.145. The Bertz CT molecular complexity index is 260. The van der Waals surface area contributed by atoms with Crippen LogP contribution in [0.4, 0.5) is 0 Å². The van der Waals surface area contributed by atoms with E-state index < -0.39 is 0 Å². The Morgan fingerprint density at radius 2 is 1.88 bits per heavy atom. The van der Waals surface area contributed by atoms with Crippen molar-refractivity contribution in [2.75, 3.05) is 6.61 Å². The largest absolute Gasteiger partial charge is 0.466 e. The zero-order chi connectivity index (χ0) is 13.1. The van der Waals surface area contributed by atoms with Crippen LogP contribution >= 0.6 is 0 Å². The summed E-state index contributed by atoms with van der Waals surface area (Å²) in [6, 6.07) is 0. The highest BCUT2D eigenvalue weighted by Crippen LogP contribution is 2.41. The first-order chi connectivity index (χ1) is 7.77. The zero-order valence-corrected chi connectivity index (χ0v) is 11.7. The smallest absolute Gasteiger partial charge is 0.307 e. The molecule has 1 fully saturated rings. The molecule has 3 nitrogen and oxygen atoms in total. The van der Waals surface area contributed by atoms with Gasteiger partial charge in [0.05, 0.1) is 13.0 Å². The predicted molar refractivity (Wildman–Crippen MR) is 69.6 cm³/mol. The number of hydrogen-bond donors (Lipinski definition) is 1. The van der Waals surface area contributed by atoms with Crippen molar-refractivity contribution in [2.45, 2.75) is 65.3 Å². The number of carbonyl (C=O) groups excluding carboxylic acids is 1. The number of ether oxygens (including phenoxy) is 1. The number of esters is 1. The summed E-state index contributed by atoms with van der Waals surface area (Å²) in [5, 5.41) is 0. The van der Waals surface area contributed by atoms with E-state index in [1.54, 1.807) is 0 Å². The van der Waals surface area contributed by atoms with Gasteiger partial charge in [-0.25, -0.2) is 0 Å². The molecule has 1 aliphatic rings. The summed E-state index contributed by atoms with van der Waals surface area (Å²) < 4.78 is 4.98. The van der Waals surface area contributed by atoms with E-state index in [0.717, 1.165) is 31.6 Å². The minimum atomic E-state index is -0.325. The minimum absolute atomic E-state index is 0.149. The van der Waals surface area contributed by atoms with E-state index in [1.165, 1.54) is 0 Å². The Balaban J connectivity index is 2.47. The van der Waals surface area contributed by atoms with Crippen molar-refractivity contribution in [3.8, 4) is 0 Å². The molecule has 2 N–H and O–H groups in total. The molecule has 3 heteroatoms. The molecule has 1 rings (SSSR count). The van der Waals surface area contributed by atoms with Gasteiger partial charge in [0, 0.05) is 5.54 Å². The molecule has 0 spiro atoms. The average Bonchev–Trinajstić information content (AvgIpc) is 2.16. The van der Waals surface area contributed by atoms with Gasteiger partial charge in [0.25, 0.3) is 0 Å². The van der Waals surface area contributed by atoms with Crippen molar-refractivity contribution in [2.24, 2.45) is 17.1 Å². The van der Waals surface area contributed by atoms with E-state index in [9.17, 15) is 4.79 Å². The van der Waals surface area contributed by atoms with Crippen molar-refractivity contribution in [3.05, 3.63) is 0 Å². The van der Waals surface area contributed by atoms with Crippen LogP contribution in [0.2, 0.25) is 0 Å². The molecule has 1 aliphatic carbocycles. The van der Waals surface area contributed by atoms with Crippen LogP contribution in [0.3, 0.4) is 0 Å². The van der Waals surface area contributed by atoms with Gasteiger partial charge in [-0.15, -0.1) is 0 Å². The lowest BCUT2D eigenvalue weighted by Gasteiger charge is -2.41. The normalized spacial score (nSPS) is 30.1. The first kappa shape index (κ1) is 14.5. The third-order valence-electron chi connectivity index (χ3n) is 4.01. The molecule has 0 amide bonds. The van der Waals surface area contributed by atoms with Crippen LogP contribution in [-0.2, 0) is 9.53 Å². The Hall–Kier alpha value is -0.570. The average molecular weight is 241 g/mol. The van der Waals surface area contributed by atoms with Gasteiger partial charge in [0.1, 0.15) is 0 Å². The summed E-state index contributed by atoms with van der Waals surface area (Å²) in [5.41, 5.74) is 6.32. The quantitative estimate of drug-likeness (QED) is 0.773. The van der Waals surface area contributed by atoms with E-state index in [1.807, 2.05) is 6.92 Å². The third-order valence-corrected chi connectivity index (χ3v) is 4.01. The first-order valence-corrected chi connectivity index (χ1v) is 6.71. The molecular weight excluding hydrogens is 214 g/mol. The monoisotopic (exact) mass is 241 g/mol. The van der Waals surface area contributed by atoms with E-state index in [0.29, 0.717) is 18.4 Å². The van der Waals surface area contributed by atoms with Crippen LogP contribution in [0.5, 0.6) is 0 Å². The Kier molecular flexibility index (Phi) is 4.59. The maximum absolute atomic E-state index is 11.5. The molecule has 17 heavy (non-hydrogen) atoms. The summed E-state index contributed by atoms with van der Waals surface area (Å²) in [4.78, 5) is 11.5. The van der Waals surface area contributed by atoms with Gasteiger partial charge in [0.2, 0.25) is 0 Å². The van der Waals surface area contributed by atoms with Crippen molar-refractivity contribution < 1.29 is 9.53 Å². The molecule has 0 bridgehead atoms. The fraction of sp³-hybridized carbons (Fsp3) is 0.929. The lowest BCUT2D eigenvalue weighted by Crippen LogP contribution is -2.46. The second kappa shape index (κ2) is 5.38. The van der Waals surface area contributed by atoms with E-state index in [2.05, 4.69) is 20.8 Å². The van der Waals surface area contributed by atoms with Crippen LogP contribution in [0.1, 0.15) is 59.8 Å². The molecule has 0 aromatic carbocycles. The molecule has 0 saturated heterocycles. The number of rotatable bonds is 3. The molecule has 100 valence electrons. The van der Waals surface area contributed by atoms with Crippen LogP contribution in [-0.4, -0.2) is 18.1 Å². The summed E-state index contributed by atoms with van der Waals surface area (Å²) in [6.45, 7) is 9.13. The summed E-state index contributed by atoms with van der Waals surface area (Å²) in [5.74, 6) is 0.575. The summed E-state index contributed by atoms with van der Waals surface area (Å²) >= 11 is 0.